The number of rotatable bonds is 7. The summed E-state index contributed by atoms with van der Waals surface area (Å²) in [7, 11) is 2.19. The van der Waals surface area contributed by atoms with E-state index in [1.165, 1.54) is 54.2 Å². The molecule has 1 N–H and O–H groups in total. The molecule has 114 valence electrons. The molecule has 0 saturated carbocycles. The first-order valence-electron chi connectivity index (χ1n) is 8.13. The molecule has 1 aromatic heterocycles. The molecule has 20 heavy (non-hydrogen) atoms. The van der Waals surface area contributed by atoms with Gasteiger partial charge in [0.2, 0.25) is 0 Å². The van der Waals surface area contributed by atoms with Crippen LogP contribution < -0.4 is 10.2 Å². The van der Waals surface area contributed by atoms with Crippen molar-refractivity contribution in [3.63, 3.8) is 0 Å². The first-order valence-corrected chi connectivity index (χ1v) is 8.94. The van der Waals surface area contributed by atoms with Crippen molar-refractivity contribution in [3.05, 3.63) is 10.6 Å². The van der Waals surface area contributed by atoms with Crippen molar-refractivity contribution in [3.8, 4) is 0 Å². The summed E-state index contributed by atoms with van der Waals surface area (Å²) in [6, 6.07) is 1.06. The Morgan fingerprint density at radius 1 is 1.40 bits per heavy atom. The van der Waals surface area contributed by atoms with E-state index in [0.717, 1.165) is 6.54 Å². The Kier molecular flexibility index (Phi) is 5.85. The first kappa shape index (κ1) is 15.8. The number of nitrogens with zero attached hydrogens (tertiary/aromatic N) is 2. The summed E-state index contributed by atoms with van der Waals surface area (Å²) in [6.07, 6.45) is 7.41. The van der Waals surface area contributed by atoms with Crippen LogP contribution in [-0.2, 0) is 6.42 Å². The summed E-state index contributed by atoms with van der Waals surface area (Å²) in [5.41, 5.74) is 1.33. The highest BCUT2D eigenvalue weighted by molar-refractivity contribution is 7.15. The molecule has 0 saturated heterocycles. The van der Waals surface area contributed by atoms with Crippen LogP contribution in [0.2, 0.25) is 0 Å². The molecule has 0 amide bonds. The van der Waals surface area contributed by atoms with Gasteiger partial charge in [-0.15, -0.1) is 11.3 Å². The number of nitrogens with one attached hydrogen (secondary N) is 1. The molecular weight excluding hydrogens is 266 g/mol. The Hall–Kier alpha value is -0.610. The van der Waals surface area contributed by atoms with Crippen molar-refractivity contribution in [2.75, 3.05) is 18.5 Å². The highest BCUT2D eigenvalue weighted by Gasteiger charge is 2.25. The van der Waals surface area contributed by atoms with E-state index in [1.54, 1.807) is 0 Å². The Morgan fingerprint density at radius 2 is 2.20 bits per heavy atom. The topological polar surface area (TPSA) is 28.2 Å². The van der Waals surface area contributed by atoms with Gasteiger partial charge < -0.3 is 10.2 Å². The molecule has 2 atom stereocenters. The largest absolute Gasteiger partial charge is 0.348 e. The highest BCUT2D eigenvalue weighted by atomic mass is 32.1. The maximum Gasteiger partial charge on any atom is 0.185 e. The second-order valence-corrected chi connectivity index (χ2v) is 7.01. The molecule has 1 heterocycles. The van der Waals surface area contributed by atoms with Crippen molar-refractivity contribution >= 4 is 16.5 Å². The lowest BCUT2D eigenvalue weighted by Gasteiger charge is -2.24. The number of fused-ring (bicyclic) bond motifs is 1. The van der Waals surface area contributed by atoms with E-state index in [2.05, 4.69) is 38.0 Å². The number of thiazole rings is 1. The standard InChI is InChI=1S/C16H29N3S/c1-5-8-12(3)19(4)16-18-15-13(17-11-6-2)9-7-10-14(15)20-16/h12-13,17H,5-11H2,1-4H3. The average molecular weight is 295 g/mol. The molecule has 4 heteroatoms. The monoisotopic (exact) mass is 295 g/mol. The van der Waals surface area contributed by atoms with E-state index < -0.39 is 0 Å². The van der Waals surface area contributed by atoms with Crippen LogP contribution in [0.5, 0.6) is 0 Å². The van der Waals surface area contributed by atoms with Gasteiger partial charge in [-0.3, -0.25) is 0 Å². The third-order valence-corrected chi connectivity index (χ3v) is 5.47. The van der Waals surface area contributed by atoms with E-state index in [-0.39, 0.29) is 0 Å². The van der Waals surface area contributed by atoms with Gasteiger partial charge in [0.15, 0.2) is 5.13 Å². The Labute approximate surface area is 127 Å². The minimum atomic E-state index is 0.485. The normalized spacial score (nSPS) is 19.7. The summed E-state index contributed by atoms with van der Waals surface area (Å²) < 4.78 is 0. The molecule has 0 fully saturated rings. The van der Waals surface area contributed by atoms with Crippen LogP contribution in [0.4, 0.5) is 5.13 Å². The fourth-order valence-electron chi connectivity index (χ4n) is 2.87. The third kappa shape index (κ3) is 3.53. The number of anilines is 1. The lowest BCUT2D eigenvalue weighted by atomic mass is 9.97. The predicted octanol–water partition coefficient (Wildman–Crippen LogP) is 4.14. The van der Waals surface area contributed by atoms with Crippen molar-refractivity contribution in [2.24, 2.45) is 0 Å². The number of aromatic nitrogens is 1. The maximum absolute atomic E-state index is 4.97. The quantitative estimate of drug-likeness (QED) is 0.819. The molecule has 0 bridgehead atoms. The Morgan fingerprint density at radius 3 is 2.90 bits per heavy atom. The molecule has 1 aliphatic carbocycles. The SMILES string of the molecule is CCCNC1CCCc2sc(N(C)C(C)CCC)nc21. The summed E-state index contributed by atoms with van der Waals surface area (Å²) in [4.78, 5) is 8.84. The molecule has 1 aliphatic rings. The second-order valence-electron chi connectivity index (χ2n) is 5.95. The molecule has 2 unspecified atom stereocenters. The second kappa shape index (κ2) is 7.41. The molecule has 3 nitrogen and oxygen atoms in total. The molecular formula is C16H29N3S. The molecule has 0 radical (unpaired) electrons. The van der Waals surface area contributed by atoms with Crippen molar-refractivity contribution in [1.29, 1.82) is 0 Å². The fourth-order valence-corrected chi connectivity index (χ4v) is 4.10. The molecule has 0 spiro atoms. The van der Waals surface area contributed by atoms with E-state index in [0.29, 0.717) is 12.1 Å². The smallest absolute Gasteiger partial charge is 0.185 e. The fraction of sp³-hybridized carbons (Fsp3) is 0.812. The highest BCUT2D eigenvalue weighted by Crippen LogP contribution is 2.37. The van der Waals surface area contributed by atoms with E-state index in [4.69, 9.17) is 4.98 Å². The first-order chi connectivity index (χ1) is 9.67. The van der Waals surface area contributed by atoms with Gasteiger partial charge in [-0.1, -0.05) is 20.3 Å². The molecule has 1 aromatic rings. The van der Waals surface area contributed by atoms with Gasteiger partial charge in [-0.2, -0.15) is 0 Å². The van der Waals surface area contributed by atoms with Crippen LogP contribution in [0.15, 0.2) is 0 Å². The number of aryl methyl sites for hydroxylation is 1. The van der Waals surface area contributed by atoms with Crippen LogP contribution in [0, 0.1) is 0 Å². The van der Waals surface area contributed by atoms with Gasteiger partial charge >= 0.3 is 0 Å². The van der Waals surface area contributed by atoms with E-state index in [9.17, 15) is 0 Å². The zero-order valence-corrected chi connectivity index (χ0v) is 14.2. The van der Waals surface area contributed by atoms with Crippen molar-refractivity contribution in [1.82, 2.24) is 10.3 Å². The van der Waals surface area contributed by atoms with Gasteiger partial charge in [0.25, 0.3) is 0 Å². The molecule has 2 rings (SSSR count). The summed E-state index contributed by atoms with van der Waals surface area (Å²) in [5, 5.41) is 4.87. The lowest BCUT2D eigenvalue weighted by molar-refractivity contribution is 0.454. The summed E-state index contributed by atoms with van der Waals surface area (Å²) in [6.45, 7) is 7.88. The van der Waals surface area contributed by atoms with Crippen molar-refractivity contribution in [2.45, 2.75) is 71.4 Å². The van der Waals surface area contributed by atoms with E-state index >= 15 is 0 Å². The molecule has 0 aliphatic heterocycles. The van der Waals surface area contributed by atoms with Crippen LogP contribution >= 0.6 is 11.3 Å². The average Bonchev–Trinajstić information content (AvgIpc) is 2.88. The van der Waals surface area contributed by atoms with Crippen molar-refractivity contribution < 1.29 is 0 Å². The Bertz CT molecular complexity index is 416. The minimum absolute atomic E-state index is 0.485. The van der Waals surface area contributed by atoms with Gasteiger partial charge in [0.05, 0.1) is 11.7 Å². The van der Waals surface area contributed by atoms with Gasteiger partial charge in [-0.05, 0) is 45.6 Å². The van der Waals surface area contributed by atoms with Gasteiger partial charge in [0, 0.05) is 18.0 Å². The third-order valence-electron chi connectivity index (χ3n) is 4.25. The van der Waals surface area contributed by atoms with Crippen LogP contribution in [0.25, 0.3) is 0 Å². The number of hydrogen-bond donors (Lipinski definition) is 1. The zero-order chi connectivity index (χ0) is 14.5. The number of hydrogen-bond acceptors (Lipinski definition) is 4. The Balaban J connectivity index is 2.12. The van der Waals surface area contributed by atoms with E-state index in [1.807, 2.05) is 11.3 Å². The summed E-state index contributed by atoms with van der Waals surface area (Å²) >= 11 is 1.91. The van der Waals surface area contributed by atoms with Gasteiger partial charge in [-0.25, -0.2) is 4.98 Å². The predicted molar refractivity (Wildman–Crippen MR) is 88.9 cm³/mol. The zero-order valence-electron chi connectivity index (χ0n) is 13.4. The van der Waals surface area contributed by atoms with Crippen LogP contribution in [0.3, 0.4) is 0 Å². The summed E-state index contributed by atoms with van der Waals surface area (Å²) in [5.74, 6) is 0. The molecule has 0 aromatic carbocycles. The lowest BCUT2D eigenvalue weighted by Crippen LogP contribution is -2.29. The van der Waals surface area contributed by atoms with Gasteiger partial charge in [0.1, 0.15) is 0 Å². The van der Waals surface area contributed by atoms with Crippen LogP contribution in [-0.4, -0.2) is 24.6 Å². The minimum Gasteiger partial charge on any atom is -0.348 e. The maximum atomic E-state index is 4.97. The van der Waals surface area contributed by atoms with Crippen LogP contribution in [0.1, 0.15) is 69.5 Å².